The van der Waals surface area contributed by atoms with Crippen molar-refractivity contribution in [2.24, 2.45) is 11.1 Å². The van der Waals surface area contributed by atoms with Crippen molar-refractivity contribution in [1.29, 1.82) is 0 Å². The van der Waals surface area contributed by atoms with E-state index in [2.05, 4.69) is 34.8 Å². The van der Waals surface area contributed by atoms with E-state index in [1.54, 1.807) is 47.5 Å². The summed E-state index contributed by atoms with van der Waals surface area (Å²) in [6.07, 6.45) is 11.1. The number of pyridine rings is 2. The summed E-state index contributed by atoms with van der Waals surface area (Å²) >= 11 is 33.1. The highest BCUT2D eigenvalue weighted by Gasteiger charge is 2.55. The second kappa shape index (κ2) is 14.6. The molecule has 6 aromatic heterocycles. The highest BCUT2D eigenvalue weighted by molar-refractivity contribution is 8.00. The molecule has 6 aromatic rings. The lowest BCUT2D eigenvalue weighted by Crippen LogP contribution is -2.47. The molecule has 1 aliphatic heterocycles. The Balaban J connectivity index is 0.000000180. The summed E-state index contributed by atoms with van der Waals surface area (Å²) in [5.41, 5.74) is 18.5. The molecule has 6 N–H and O–H groups in total. The molecule has 2 aliphatic rings. The van der Waals surface area contributed by atoms with Gasteiger partial charge >= 0.3 is 0 Å². The van der Waals surface area contributed by atoms with Gasteiger partial charge in [0.15, 0.2) is 21.6 Å². The third-order valence-corrected chi connectivity index (χ3v) is 13.0. The van der Waals surface area contributed by atoms with E-state index in [0.29, 0.717) is 74.1 Å². The first kappa shape index (κ1) is 37.2. The topological polar surface area (TPSA) is 167 Å². The predicted molar refractivity (Wildman–Crippen MR) is 203 cm³/mol. The molecule has 2 fully saturated rings. The third kappa shape index (κ3) is 7.36. The minimum absolute atomic E-state index is 0.128. The molecule has 1 saturated carbocycles. The van der Waals surface area contributed by atoms with Gasteiger partial charge in [-0.3, -0.25) is 8.80 Å². The van der Waals surface area contributed by atoms with Crippen LogP contribution >= 0.6 is 81.5 Å². The van der Waals surface area contributed by atoms with Gasteiger partial charge in [-0.05, 0) is 42.0 Å². The maximum Gasteiger partial charge on any atom is 0.250 e. The summed E-state index contributed by atoms with van der Waals surface area (Å²) in [6.45, 7) is 1.22. The summed E-state index contributed by atoms with van der Waals surface area (Å²) in [4.78, 5) is 30.3. The molecule has 1 saturated heterocycles. The fourth-order valence-corrected chi connectivity index (χ4v) is 9.48. The van der Waals surface area contributed by atoms with E-state index >= 15 is 0 Å². The lowest BCUT2D eigenvalue weighted by Gasteiger charge is -2.42. The zero-order valence-electron chi connectivity index (χ0n) is 26.7. The first-order valence-corrected chi connectivity index (χ1v) is 19.0. The number of nitrogen functional groups attached to an aromatic ring is 2. The smallest absolute Gasteiger partial charge is 0.250 e. The van der Waals surface area contributed by atoms with Crippen LogP contribution in [0.15, 0.2) is 68.9 Å². The highest BCUT2D eigenvalue weighted by atomic mass is 35.5. The molecule has 1 atom stereocenters. The fraction of sp³-hybridized carbons (Fsp3) is 0.290. The predicted octanol–water partition coefficient (Wildman–Crippen LogP) is 8.33. The molecule has 7 heterocycles. The van der Waals surface area contributed by atoms with Gasteiger partial charge in [0, 0.05) is 78.9 Å². The Labute approximate surface area is 328 Å². The maximum absolute atomic E-state index is 14.0. The number of aromatic nitrogens is 8. The van der Waals surface area contributed by atoms with Crippen LogP contribution < -0.4 is 22.1 Å². The molecule has 12 nitrogen and oxygen atoms in total. The quantitative estimate of drug-likeness (QED) is 0.112. The van der Waals surface area contributed by atoms with Crippen molar-refractivity contribution in [1.82, 2.24) is 38.7 Å². The van der Waals surface area contributed by atoms with E-state index in [-0.39, 0.29) is 29.0 Å². The Hall–Kier alpha value is -3.09. The Morgan fingerprint density at radius 2 is 1.25 bits per heavy atom. The first-order valence-electron chi connectivity index (χ1n) is 15.5. The van der Waals surface area contributed by atoms with E-state index < -0.39 is 17.4 Å². The molecule has 0 amide bonds. The molecule has 0 aromatic carbocycles. The molecule has 21 heteroatoms. The van der Waals surface area contributed by atoms with Gasteiger partial charge in [0.2, 0.25) is 17.2 Å². The molecule has 272 valence electrons. The Morgan fingerprint density at radius 1 is 0.731 bits per heavy atom. The summed E-state index contributed by atoms with van der Waals surface area (Å²) in [6, 6.07) is 2.83. The number of alkyl halides is 2. The van der Waals surface area contributed by atoms with Crippen LogP contribution in [0.25, 0.3) is 11.3 Å². The van der Waals surface area contributed by atoms with E-state index in [1.165, 1.54) is 23.5 Å². The number of rotatable bonds is 5. The van der Waals surface area contributed by atoms with Crippen molar-refractivity contribution in [3.63, 3.8) is 0 Å². The van der Waals surface area contributed by atoms with Crippen LogP contribution in [0.1, 0.15) is 25.7 Å². The van der Waals surface area contributed by atoms with Crippen molar-refractivity contribution in [3.05, 3.63) is 74.9 Å². The summed E-state index contributed by atoms with van der Waals surface area (Å²) in [5, 5.41) is 1.28. The third-order valence-electron chi connectivity index (χ3n) is 8.93. The lowest BCUT2D eigenvalue weighted by atomic mass is 9.74. The molecule has 0 radical (unpaired) electrons. The van der Waals surface area contributed by atoms with E-state index in [0.717, 1.165) is 9.79 Å². The van der Waals surface area contributed by atoms with Gasteiger partial charge in [-0.2, -0.15) is 0 Å². The summed E-state index contributed by atoms with van der Waals surface area (Å²) < 4.78 is 31.5. The summed E-state index contributed by atoms with van der Waals surface area (Å²) in [7, 11) is 0. The van der Waals surface area contributed by atoms with Crippen molar-refractivity contribution < 1.29 is 8.78 Å². The molecule has 0 bridgehead atoms. The van der Waals surface area contributed by atoms with Crippen molar-refractivity contribution in [3.8, 4) is 0 Å². The second-order valence-electron chi connectivity index (χ2n) is 12.3. The van der Waals surface area contributed by atoms with Crippen LogP contribution in [0.5, 0.6) is 0 Å². The SMILES string of the molecule is Nc1cc(Sc2cnc(Cl)n3ccnc23)c(Cl)c(Cl)n1.Nc1cc(Sc2cnc(N3CCC4(CC3)CC(F)(F)C[C@H]4N)n3ccnc23)c(Cl)c(Cl)n1. The molecule has 1 aliphatic carbocycles. The van der Waals surface area contributed by atoms with Gasteiger partial charge in [0.25, 0.3) is 0 Å². The van der Waals surface area contributed by atoms with Crippen molar-refractivity contribution >= 4 is 110 Å². The molecule has 1 spiro atoms. The highest BCUT2D eigenvalue weighted by Crippen LogP contribution is 2.52. The minimum Gasteiger partial charge on any atom is -0.384 e. The van der Waals surface area contributed by atoms with Crippen LogP contribution in [0.2, 0.25) is 25.6 Å². The van der Waals surface area contributed by atoms with Crippen LogP contribution in [-0.2, 0) is 0 Å². The fourth-order valence-electron chi connectivity index (χ4n) is 6.46. The van der Waals surface area contributed by atoms with Gasteiger partial charge < -0.3 is 22.1 Å². The number of imidazole rings is 2. The van der Waals surface area contributed by atoms with Gasteiger partial charge in [-0.1, -0.05) is 69.9 Å². The van der Waals surface area contributed by atoms with E-state index in [4.69, 9.17) is 75.2 Å². The van der Waals surface area contributed by atoms with Gasteiger partial charge in [0.1, 0.15) is 11.6 Å². The van der Waals surface area contributed by atoms with E-state index in [1.807, 2.05) is 10.6 Å². The summed E-state index contributed by atoms with van der Waals surface area (Å²) in [5.74, 6) is -1.39. The van der Waals surface area contributed by atoms with Crippen molar-refractivity contribution in [2.75, 3.05) is 29.5 Å². The number of piperidine rings is 1. The van der Waals surface area contributed by atoms with Crippen LogP contribution in [0.3, 0.4) is 0 Å². The lowest BCUT2D eigenvalue weighted by molar-refractivity contribution is -0.00686. The molecular formula is C31H27Cl5F2N12S2. The Morgan fingerprint density at radius 3 is 1.79 bits per heavy atom. The second-order valence-corrected chi connectivity index (χ2v) is 16.2. The molecule has 0 unspecified atom stereocenters. The van der Waals surface area contributed by atoms with E-state index in [9.17, 15) is 8.78 Å². The first-order chi connectivity index (χ1) is 24.7. The van der Waals surface area contributed by atoms with Crippen LogP contribution in [0, 0.1) is 5.41 Å². The number of anilines is 3. The monoisotopic (exact) mass is 844 g/mol. The standard InChI is InChI=1S/C20H21Cl2F2N7S.C11H6Cl3N5S/c21-15-11(7-14(26)29-16(15)22)32-12-9-28-18(31-6-3-27-17(12)31)30-4-1-19(2-5-30)10-20(23,24)8-13(19)25;12-8-5(3-7(15)18-9(8)13)20-6-4-17-11(14)19-2-1-16-10(6)19/h3,6-7,9,13H,1-2,4-5,8,10,25H2,(H2,26,29);1-4H,(H2,15,18)/t13-;/m1./s1. The number of hydrogen-bond donors (Lipinski definition) is 3. The van der Waals surface area contributed by atoms with Crippen LogP contribution in [0.4, 0.5) is 26.4 Å². The van der Waals surface area contributed by atoms with Gasteiger partial charge in [-0.25, -0.2) is 38.7 Å². The number of nitrogens with two attached hydrogens (primary N) is 3. The normalized spacial score (nSPS) is 17.9. The Kier molecular flexibility index (Phi) is 10.5. The average Bonchev–Trinajstić information content (AvgIpc) is 3.83. The largest absolute Gasteiger partial charge is 0.384 e. The zero-order valence-corrected chi connectivity index (χ0v) is 32.1. The van der Waals surface area contributed by atoms with Gasteiger partial charge in [0.05, 0.1) is 19.8 Å². The molecule has 8 rings (SSSR count). The Bertz CT molecular complexity index is 2300. The molecule has 52 heavy (non-hydrogen) atoms. The number of fused-ring (bicyclic) bond motifs is 2. The van der Waals surface area contributed by atoms with Crippen LogP contribution in [-0.4, -0.2) is 63.8 Å². The number of nitrogens with zero attached hydrogens (tertiary/aromatic N) is 9. The average molecular weight is 847 g/mol. The van der Waals surface area contributed by atoms with Crippen molar-refractivity contribution in [2.45, 2.75) is 57.2 Å². The maximum atomic E-state index is 14.0. The minimum atomic E-state index is -2.67. The molecular weight excluding hydrogens is 820 g/mol. The van der Waals surface area contributed by atoms with Gasteiger partial charge in [-0.15, -0.1) is 0 Å². The number of hydrogen-bond acceptors (Lipinski definition) is 12. The zero-order chi connectivity index (χ0) is 36.9. The number of halogens is 7.